The van der Waals surface area contributed by atoms with Crippen LogP contribution in [-0.4, -0.2) is 13.4 Å². The first-order valence-electron chi connectivity index (χ1n) is 6.15. The van der Waals surface area contributed by atoms with Crippen LogP contribution in [0.25, 0.3) is 0 Å². The summed E-state index contributed by atoms with van der Waals surface area (Å²) >= 11 is 5.88. The maximum atomic E-state index is 12.8. The molecule has 3 nitrogen and oxygen atoms in total. The Morgan fingerprint density at radius 3 is 2.41 bits per heavy atom. The number of benzene rings is 1. The Morgan fingerprint density at radius 2 is 1.86 bits per heavy atom. The normalized spacial score (nSPS) is 13.9. The molecule has 118 valence electrons. The van der Waals surface area contributed by atoms with Gasteiger partial charge in [-0.2, -0.15) is 13.2 Å². The largest absolute Gasteiger partial charge is 0.416 e. The van der Waals surface area contributed by atoms with Crippen LogP contribution in [0.5, 0.6) is 0 Å². The summed E-state index contributed by atoms with van der Waals surface area (Å²) < 4.78 is 63.2. The summed E-state index contributed by atoms with van der Waals surface area (Å²) in [5, 5.41) is -1.51. The van der Waals surface area contributed by atoms with Gasteiger partial charge in [-0.3, -0.25) is 0 Å². The van der Waals surface area contributed by atoms with Crippen molar-refractivity contribution in [3.05, 3.63) is 58.7 Å². The van der Waals surface area contributed by atoms with Gasteiger partial charge in [0.25, 0.3) is 0 Å². The number of nitrogens with zero attached hydrogens (tertiary/aromatic N) is 1. The number of alkyl halides is 3. The smallest absolute Gasteiger partial charge is 0.245 e. The molecule has 1 heterocycles. The number of aromatic nitrogens is 1. The SMILES string of the molecule is CC(c1cc(C(F)(F)F)ccc1Cl)S(=O)(=O)c1ccccn1. The van der Waals surface area contributed by atoms with Crippen molar-refractivity contribution in [3.63, 3.8) is 0 Å². The lowest BCUT2D eigenvalue weighted by Crippen LogP contribution is -2.14. The molecule has 22 heavy (non-hydrogen) atoms. The Balaban J connectivity index is 2.52. The average Bonchev–Trinajstić information content (AvgIpc) is 2.46. The lowest BCUT2D eigenvalue weighted by molar-refractivity contribution is -0.137. The second kappa shape index (κ2) is 5.89. The van der Waals surface area contributed by atoms with Gasteiger partial charge in [-0.05, 0) is 42.8 Å². The second-order valence-electron chi connectivity index (χ2n) is 4.59. The van der Waals surface area contributed by atoms with E-state index in [1.165, 1.54) is 25.3 Å². The minimum Gasteiger partial charge on any atom is -0.245 e. The quantitative estimate of drug-likeness (QED) is 0.830. The predicted octanol–water partition coefficient (Wildman–Crippen LogP) is 4.29. The van der Waals surface area contributed by atoms with Gasteiger partial charge in [0, 0.05) is 11.2 Å². The van der Waals surface area contributed by atoms with Gasteiger partial charge in [-0.15, -0.1) is 0 Å². The fourth-order valence-electron chi connectivity index (χ4n) is 1.90. The lowest BCUT2D eigenvalue weighted by atomic mass is 10.1. The van der Waals surface area contributed by atoms with Crippen LogP contribution in [0.4, 0.5) is 13.2 Å². The summed E-state index contributed by atoms with van der Waals surface area (Å²) in [6.07, 6.45) is -3.28. The van der Waals surface area contributed by atoms with Crippen LogP contribution in [-0.2, 0) is 16.0 Å². The molecule has 0 fully saturated rings. The average molecular weight is 350 g/mol. The Bertz CT molecular complexity index is 776. The van der Waals surface area contributed by atoms with Gasteiger partial charge < -0.3 is 0 Å². The molecule has 1 aromatic carbocycles. The lowest BCUT2D eigenvalue weighted by Gasteiger charge is -2.16. The van der Waals surface area contributed by atoms with Crippen LogP contribution in [0.15, 0.2) is 47.6 Å². The molecule has 0 aliphatic rings. The van der Waals surface area contributed by atoms with E-state index >= 15 is 0 Å². The van der Waals surface area contributed by atoms with Gasteiger partial charge in [0.2, 0.25) is 9.84 Å². The van der Waals surface area contributed by atoms with E-state index in [1.54, 1.807) is 6.07 Å². The zero-order valence-electron chi connectivity index (χ0n) is 11.3. The molecule has 1 unspecified atom stereocenters. The molecule has 2 aromatic rings. The van der Waals surface area contributed by atoms with E-state index in [2.05, 4.69) is 4.98 Å². The molecule has 0 saturated carbocycles. The van der Waals surface area contributed by atoms with Gasteiger partial charge >= 0.3 is 6.18 Å². The van der Waals surface area contributed by atoms with Crippen molar-refractivity contribution in [2.24, 2.45) is 0 Å². The van der Waals surface area contributed by atoms with Crippen LogP contribution in [0.1, 0.15) is 23.3 Å². The van der Waals surface area contributed by atoms with Gasteiger partial charge in [0.15, 0.2) is 5.03 Å². The van der Waals surface area contributed by atoms with Crippen LogP contribution in [0.2, 0.25) is 5.02 Å². The highest BCUT2D eigenvalue weighted by molar-refractivity contribution is 7.91. The Hall–Kier alpha value is -1.60. The zero-order chi connectivity index (χ0) is 16.5. The van der Waals surface area contributed by atoms with Crippen molar-refractivity contribution in [2.45, 2.75) is 23.4 Å². The fourth-order valence-corrected chi connectivity index (χ4v) is 3.61. The molecule has 2 rings (SSSR count). The fraction of sp³-hybridized carbons (Fsp3) is 0.214. The third-order valence-corrected chi connectivity index (χ3v) is 5.51. The second-order valence-corrected chi connectivity index (χ2v) is 7.21. The Kier molecular flexibility index (Phi) is 4.49. The molecule has 0 amide bonds. The van der Waals surface area contributed by atoms with Crippen molar-refractivity contribution in [3.8, 4) is 0 Å². The molecular formula is C14H11ClF3NO2S. The summed E-state index contributed by atoms with van der Waals surface area (Å²) in [5.74, 6) is 0. The zero-order valence-corrected chi connectivity index (χ0v) is 12.9. The number of halogens is 4. The maximum absolute atomic E-state index is 12.8. The van der Waals surface area contributed by atoms with Crippen LogP contribution in [0.3, 0.4) is 0 Å². The summed E-state index contributed by atoms with van der Waals surface area (Å²) in [5.41, 5.74) is -1.06. The predicted molar refractivity (Wildman–Crippen MR) is 76.3 cm³/mol. The number of sulfone groups is 1. The highest BCUT2D eigenvalue weighted by atomic mass is 35.5. The van der Waals surface area contributed by atoms with Crippen LogP contribution in [0, 0.1) is 0 Å². The van der Waals surface area contributed by atoms with E-state index in [-0.39, 0.29) is 15.6 Å². The number of hydrogen-bond acceptors (Lipinski definition) is 3. The minimum absolute atomic E-state index is 0.0417. The summed E-state index contributed by atoms with van der Waals surface area (Å²) in [7, 11) is -3.94. The van der Waals surface area contributed by atoms with E-state index in [4.69, 9.17) is 11.6 Å². The highest BCUT2D eigenvalue weighted by Gasteiger charge is 2.34. The molecule has 0 spiro atoms. The number of hydrogen-bond donors (Lipinski definition) is 0. The Morgan fingerprint density at radius 1 is 1.18 bits per heavy atom. The summed E-state index contributed by atoms with van der Waals surface area (Å²) in [4.78, 5) is 3.74. The van der Waals surface area contributed by atoms with Crippen LogP contribution < -0.4 is 0 Å². The molecule has 0 N–H and O–H groups in total. The van der Waals surface area contributed by atoms with E-state index in [1.807, 2.05) is 0 Å². The minimum atomic E-state index is -4.58. The van der Waals surface area contributed by atoms with Gasteiger partial charge in [-0.25, -0.2) is 13.4 Å². The molecule has 0 bridgehead atoms. The number of rotatable bonds is 3. The van der Waals surface area contributed by atoms with Crippen molar-refractivity contribution in [1.82, 2.24) is 4.98 Å². The summed E-state index contributed by atoms with van der Waals surface area (Å²) in [6, 6.07) is 6.93. The monoisotopic (exact) mass is 349 g/mol. The summed E-state index contributed by atoms with van der Waals surface area (Å²) in [6.45, 7) is 1.28. The maximum Gasteiger partial charge on any atom is 0.416 e. The Labute approximate surface area is 130 Å². The third kappa shape index (κ3) is 3.25. The van der Waals surface area contributed by atoms with E-state index in [9.17, 15) is 21.6 Å². The van der Waals surface area contributed by atoms with Crippen LogP contribution >= 0.6 is 11.6 Å². The van der Waals surface area contributed by atoms with E-state index in [0.717, 1.165) is 18.2 Å². The first kappa shape index (κ1) is 16.8. The molecular weight excluding hydrogens is 339 g/mol. The van der Waals surface area contributed by atoms with Gasteiger partial charge in [0.05, 0.1) is 10.8 Å². The molecule has 8 heteroatoms. The first-order valence-corrected chi connectivity index (χ1v) is 8.08. The van der Waals surface area contributed by atoms with Crippen molar-refractivity contribution in [2.75, 3.05) is 0 Å². The van der Waals surface area contributed by atoms with Crippen molar-refractivity contribution in [1.29, 1.82) is 0 Å². The third-order valence-electron chi connectivity index (χ3n) is 3.16. The van der Waals surface area contributed by atoms with Crippen molar-refractivity contribution >= 4 is 21.4 Å². The molecule has 0 aliphatic carbocycles. The highest BCUT2D eigenvalue weighted by Crippen LogP contribution is 2.37. The molecule has 0 saturated heterocycles. The van der Waals surface area contributed by atoms with Gasteiger partial charge in [-0.1, -0.05) is 17.7 Å². The topological polar surface area (TPSA) is 47.0 Å². The molecule has 0 aliphatic heterocycles. The molecule has 1 atom stereocenters. The van der Waals surface area contributed by atoms with E-state index < -0.39 is 26.8 Å². The standard InChI is InChI=1S/C14H11ClF3NO2S/c1-9(22(20,21)13-4-2-3-7-19-13)11-8-10(14(16,17)18)5-6-12(11)15/h2-9H,1H3. The molecule has 0 radical (unpaired) electrons. The van der Waals surface area contributed by atoms with Gasteiger partial charge in [0.1, 0.15) is 0 Å². The van der Waals surface area contributed by atoms with E-state index in [0.29, 0.717) is 0 Å². The number of pyridine rings is 1. The first-order chi connectivity index (χ1) is 10.1. The van der Waals surface area contributed by atoms with Crippen molar-refractivity contribution < 1.29 is 21.6 Å². The molecule has 1 aromatic heterocycles.